The van der Waals surface area contributed by atoms with Crippen LogP contribution in [0, 0.1) is 0 Å². The van der Waals surface area contributed by atoms with E-state index in [4.69, 9.17) is 26.1 Å². The number of tetrazole rings is 1. The monoisotopic (exact) mass is 588 g/mol. The van der Waals surface area contributed by atoms with E-state index >= 15 is 0 Å². The number of methoxy groups -OCH3 is 2. The van der Waals surface area contributed by atoms with Crippen LogP contribution in [0.3, 0.4) is 0 Å². The van der Waals surface area contributed by atoms with E-state index in [-0.39, 0.29) is 22.7 Å². The number of rotatable bonds is 7. The molecule has 0 saturated carbocycles. The van der Waals surface area contributed by atoms with Gasteiger partial charge in [-0.2, -0.15) is 14.6 Å². The normalized spacial score (nSPS) is 17.4. The number of guanidine groups is 1. The molecule has 0 fully saturated rings. The molecule has 1 atom stereocenters. The Labute approximate surface area is 236 Å². The van der Waals surface area contributed by atoms with Crippen molar-refractivity contribution in [3.05, 3.63) is 76.8 Å². The molecular weight excluding hydrogens is 567 g/mol. The van der Waals surface area contributed by atoms with Crippen molar-refractivity contribution in [1.82, 2.24) is 25.1 Å². The van der Waals surface area contributed by atoms with Crippen molar-refractivity contribution < 1.29 is 32.2 Å². The first-order valence-electron chi connectivity index (χ1n) is 11.9. The van der Waals surface area contributed by atoms with Crippen LogP contribution >= 0.6 is 11.6 Å². The second kappa shape index (κ2) is 10.7. The third kappa shape index (κ3) is 5.38. The molecule has 0 saturated heterocycles. The highest BCUT2D eigenvalue weighted by Gasteiger charge is 2.54. The van der Waals surface area contributed by atoms with Gasteiger partial charge in [-0.15, -0.1) is 13.2 Å². The molecule has 11 nitrogen and oxygen atoms in total. The number of alkyl halides is 3. The smallest absolute Gasteiger partial charge is 0.491 e. The Morgan fingerprint density at radius 2 is 1.80 bits per heavy atom. The average Bonchev–Trinajstić information content (AvgIpc) is 3.56. The predicted octanol–water partition coefficient (Wildman–Crippen LogP) is 5.52. The molecule has 1 aliphatic rings. The number of halogens is 4. The highest BCUT2D eigenvalue weighted by Crippen LogP contribution is 2.53. The molecular formula is C26H22ClF3N7O4+. The van der Waals surface area contributed by atoms with E-state index in [1.54, 1.807) is 43.4 Å². The summed E-state index contributed by atoms with van der Waals surface area (Å²) in [4.78, 5) is 18.6. The fraction of sp³-hybridized carbons (Fsp3) is 0.192. The lowest BCUT2D eigenvalue weighted by molar-refractivity contribution is -0.274. The van der Waals surface area contributed by atoms with Crippen molar-refractivity contribution in [2.75, 3.05) is 26.2 Å². The first-order chi connectivity index (χ1) is 19.5. The fourth-order valence-electron chi connectivity index (χ4n) is 4.57. The van der Waals surface area contributed by atoms with Crippen LogP contribution in [0.15, 0.2) is 65.7 Å². The van der Waals surface area contributed by atoms with Crippen molar-refractivity contribution in [2.45, 2.75) is 12.9 Å². The summed E-state index contributed by atoms with van der Waals surface area (Å²) < 4.78 is 52.4. The summed E-state index contributed by atoms with van der Waals surface area (Å²) in [5.41, 5.74) is 2.74. The highest BCUT2D eigenvalue weighted by atomic mass is 35.5. The Kier molecular flexibility index (Phi) is 7.28. The molecule has 15 heteroatoms. The van der Waals surface area contributed by atoms with E-state index < -0.39 is 12.3 Å². The van der Waals surface area contributed by atoms with Gasteiger partial charge in [0, 0.05) is 11.1 Å². The SMILES string of the molecule is COC(=O)c1ccc(CN2C(=Nc3ccc(OC(F)(F)F)cc3)[N+](C)(c3nnn[nH]3)c3c(OC)cc(Cl)cc32)cc1. The second-order valence-electron chi connectivity index (χ2n) is 8.94. The Balaban J connectivity index is 1.67. The van der Waals surface area contributed by atoms with Crippen LogP contribution in [0.25, 0.3) is 0 Å². The van der Waals surface area contributed by atoms with Crippen molar-refractivity contribution in [1.29, 1.82) is 0 Å². The maximum Gasteiger partial charge on any atom is 0.573 e. The van der Waals surface area contributed by atoms with Gasteiger partial charge in [-0.3, -0.25) is 4.90 Å². The summed E-state index contributed by atoms with van der Waals surface area (Å²) in [6, 6.07) is 15.3. The van der Waals surface area contributed by atoms with E-state index in [1.165, 1.54) is 38.5 Å². The molecule has 0 aliphatic carbocycles. The molecule has 0 bridgehead atoms. The van der Waals surface area contributed by atoms with Crippen LogP contribution < -0.4 is 18.9 Å². The van der Waals surface area contributed by atoms with Crippen LogP contribution in [0.5, 0.6) is 11.5 Å². The maximum absolute atomic E-state index is 12.7. The maximum atomic E-state index is 12.7. The number of nitrogens with one attached hydrogen (secondary N) is 1. The number of hydrogen-bond donors (Lipinski definition) is 1. The van der Waals surface area contributed by atoms with Gasteiger partial charge in [0.25, 0.3) is 0 Å². The number of aromatic amines is 1. The number of fused-ring (bicyclic) bond motifs is 1. The van der Waals surface area contributed by atoms with Gasteiger partial charge in [-0.05, 0) is 58.5 Å². The summed E-state index contributed by atoms with van der Waals surface area (Å²) in [6.07, 6.45) is -4.83. The molecule has 3 aromatic carbocycles. The van der Waals surface area contributed by atoms with E-state index in [0.29, 0.717) is 39.4 Å². The van der Waals surface area contributed by atoms with Crippen LogP contribution in [0.1, 0.15) is 15.9 Å². The zero-order valence-electron chi connectivity index (χ0n) is 21.8. The zero-order chi connectivity index (χ0) is 29.4. The number of carbonyl (C=O) groups excluding carboxylic acids is 1. The fourth-order valence-corrected chi connectivity index (χ4v) is 4.77. The molecule has 1 unspecified atom stereocenters. The molecule has 0 spiro atoms. The molecule has 0 radical (unpaired) electrons. The number of H-pyrrole nitrogens is 1. The van der Waals surface area contributed by atoms with Crippen molar-refractivity contribution in [2.24, 2.45) is 4.99 Å². The van der Waals surface area contributed by atoms with E-state index in [1.807, 2.05) is 4.90 Å². The Morgan fingerprint density at radius 3 is 2.39 bits per heavy atom. The van der Waals surface area contributed by atoms with Crippen molar-refractivity contribution >= 4 is 46.5 Å². The number of ether oxygens (including phenoxy) is 3. The van der Waals surface area contributed by atoms with Crippen LogP contribution in [0.2, 0.25) is 5.02 Å². The van der Waals surface area contributed by atoms with E-state index in [9.17, 15) is 18.0 Å². The van der Waals surface area contributed by atoms with Gasteiger partial charge in [0.2, 0.25) is 5.69 Å². The summed E-state index contributed by atoms with van der Waals surface area (Å²) in [6.45, 7) is 0.251. The summed E-state index contributed by atoms with van der Waals surface area (Å²) in [5.74, 6) is 0.231. The Morgan fingerprint density at radius 1 is 1.10 bits per heavy atom. The molecule has 4 aromatic rings. The predicted molar refractivity (Wildman–Crippen MR) is 144 cm³/mol. The lowest BCUT2D eigenvalue weighted by atomic mass is 10.1. The minimum Gasteiger partial charge on any atom is -0.491 e. The van der Waals surface area contributed by atoms with Gasteiger partial charge < -0.3 is 14.2 Å². The third-order valence-electron chi connectivity index (χ3n) is 6.39. The zero-order valence-corrected chi connectivity index (χ0v) is 22.6. The Bertz CT molecular complexity index is 1600. The number of esters is 1. The summed E-state index contributed by atoms with van der Waals surface area (Å²) in [7, 11) is 4.59. The van der Waals surface area contributed by atoms with Crippen molar-refractivity contribution in [3.63, 3.8) is 0 Å². The molecule has 1 N–H and O–H groups in total. The van der Waals surface area contributed by atoms with Gasteiger partial charge in [-0.1, -0.05) is 28.8 Å². The standard InChI is InChI=1S/C26H22ClF3N7O4/c1-37(24-32-34-35-33-24)22-20(12-17(27)13-21(22)39-2)36(14-15-4-6-16(7-5-15)23(38)40-3)25(37)31-18-8-10-19(11-9-18)41-26(28,29)30/h4-13H,14H2,1-3H3,(H,32,33,34,35)/q+1. The topological polar surface area (TPSA) is 115 Å². The van der Waals surface area contributed by atoms with Gasteiger partial charge >= 0.3 is 24.2 Å². The number of carbonyl (C=O) groups is 1. The molecule has 212 valence electrons. The largest absolute Gasteiger partial charge is 0.573 e. The first kappa shape index (κ1) is 27.9. The Hall–Kier alpha value is -4.69. The van der Waals surface area contributed by atoms with Crippen LogP contribution in [-0.2, 0) is 11.3 Å². The van der Waals surface area contributed by atoms with Crippen molar-refractivity contribution in [3.8, 4) is 11.5 Å². The summed E-state index contributed by atoms with van der Waals surface area (Å²) >= 11 is 6.48. The molecule has 1 aromatic heterocycles. The number of aliphatic imine (C=N–C) groups is 1. The summed E-state index contributed by atoms with van der Waals surface area (Å²) in [5, 5.41) is 14.8. The lowest BCUT2D eigenvalue weighted by Gasteiger charge is -2.26. The number of aromatic nitrogens is 4. The van der Waals surface area contributed by atoms with E-state index in [0.717, 1.165) is 5.56 Å². The third-order valence-corrected chi connectivity index (χ3v) is 6.61. The number of anilines is 1. The van der Waals surface area contributed by atoms with Gasteiger partial charge in [0.15, 0.2) is 5.75 Å². The quantitative estimate of drug-likeness (QED) is 0.222. The first-order valence-corrected chi connectivity index (χ1v) is 12.3. The minimum atomic E-state index is -4.83. The molecule has 0 amide bonds. The highest BCUT2D eigenvalue weighted by molar-refractivity contribution is 6.32. The molecule has 2 heterocycles. The van der Waals surface area contributed by atoms with Crippen LogP contribution in [0.4, 0.5) is 36.2 Å². The van der Waals surface area contributed by atoms with Crippen LogP contribution in [-0.4, -0.2) is 60.2 Å². The van der Waals surface area contributed by atoms with E-state index in [2.05, 4.69) is 25.4 Å². The number of quaternary nitrogens is 1. The van der Waals surface area contributed by atoms with Gasteiger partial charge in [0.1, 0.15) is 11.4 Å². The van der Waals surface area contributed by atoms with Gasteiger partial charge in [0.05, 0.1) is 39.1 Å². The molecule has 1 aliphatic heterocycles. The second-order valence-corrected chi connectivity index (χ2v) is 9.37. The lowest BCUT2D eigenvalue weighted by Crippen LogP contribution is -2.49. The van der Waals surface area contributed by atoms with Gasteiger partial charge in [-0.25, -0.2) is 4.79 Å². The average molecular weight is 589 g/mol. The number of nitrogens with zero attached hydrogens (tertiary/aromatic N) is 6. The molecule has 5 rings (SSSR count). The number of hydrogen-bond acceptors (Lipinski definition) is 8. The minimum absolute atomic E-state index is 0.205. The number of benzene rings is 3. The molecule has 41 heavy (non-hydrogen) atoms.